The lowest BCUT2D eigenvalue weighted by molar-refractivity contribution is -0.137. The van der Waals surface area contributed by atoms with Crippen molar-refractivity contribution in [2.24, 2.45) is 0 Å². The Morgan fingerprint density at radius 1 is 1.13 bits per heavy atom. The molecule has 1 spiro atoms. The summed E-state index contributed by atoms with van der Waals surface area (Å²) >= 11 is 7.46. The van der Waals surface area contributed by atoms with Crippen molar-refractivity contribution in [3.8, 4) is 16.5 Å². The molecule has 0 radical (unpaired) electrons. The molecule has 1 atom stereocenters. The summed E-state index contributed by atoms with van der Waals surface area (Å²) in [6.07, 6.45) is -0.974. The second-order valence-corrected chi connectivity index (χ2v) is 15.0. The van der Waals surface area contributed by atoms with Crippen LogP contribution in [0.5, 0.6) is 5.75 Å². The van der Waals surface area contributed by atoms with Crippen molar-refractivity contribution in [2.45, 2.75) is 63.6 Å². The van der Waals surface area contributed by atoms with E-state index in [0.29, 0.717) is 46.9 Å². The number of anilines is 2. The topological polar surface area (TPSA) is 164 Å². The molecule has 2 fully saturated rings. The van der Waals surface area contributed by atoms with E-state index < -0.39 is 29.0 Å². The molecular weight excluding hydrogens is 737 g/mol. The number of halogens is 4. The van der Waals surface area contributed by atoms with Gasteiger partial charge in [0.25, 0.3) is 11.5 Å². The Bertz CT molecular complexity index is 2360. The molecule has 1 unspecified atom stereocenters. The number of nitrogens with zero attached hydrogens (tertiary/aromatic N) is 9. The lowest BCUT2D eigenvalue weighted by atomic mass is 9.73. The highest BCUT2D eigenvalue weighted by atomic mass is 35.5. The van der Waals surface area contributed by atoms with Gasteiger partial charge in [-0.3, -0.25) is 14.4 Å². The number of carbonyl (C=O) groups excluding carboxylic acids is 2. The first-order valence-electron chi connectivity index (χ1n) is 16.9. The fraction of sp³-hybridized carbons (Fsp3) is 0.412. The summed E-state index contributed by atoms with van der Waals surface area (Å²) in [5, 5.41) is 17.8. The minimum absolute atomic E-state index is 0.00547. The SMILES string of the molecule is Cc1ncsc1-c1nc2n(CC(=O)Nc3ccc(C(F)(F)F)cc3Cl)c3c(c(=O)n2n1)C1(CCN(C(=O)c2ncnc(N4CCC4)c2O)CC1)CC3C. The summed E-state index contributed by atoms with van der Waals surface area (Å²) in [4.78, 5) is 63.2. The molecule has 14 nitrogen and oxygen atoms in total. The van der Waals surface area contributed by atoms with Crippen LogP contribution in [-0.2, 0) is 22.9 Å². The Morgan fingerprint density at radius 3 is 2.53 bits per heavy atom. The van der Waals surface area contributed by atoms with E-state index in [1.165, 1.54) is 22.2 Å². The van der Waals surface area contributed by atoms with Crippen LogP contribution in [0.25, 0.3) is 16.5 Å². The highest BCUT2D eigenvalue weighted by Gasteiger charge is 2.49. The number of hydrogen-bond donors (Lipinski definition) is 2. The van der Waals surface area contributed by atoms with Gasteiger partial charge in [-0.05, 0) is 56.7 Å². The van der Waals surface area contributed by atoms with Crippen LogP contribution in [-0.4, -0.2) is 82.1 Å². The number of fused-ring (bicyclic) bond motifs is 3. The molecule has 0 saturated carbocycles. The predicted octanol–water partition coefficient (Wildman–Crippen LogP) is 5.02. The zero-order valence-electron chi connectivity index (χ0n) is 28.4. The second kappa shape index (κ2) is 12.8. The van der Waals surface area contributed by atoms with Gasteiger partial charge < -0.3 is 24.8 Å². The van der Waals surface area contributed by atoms with E-state index in [-0.39, 0.29) is 64.9 Å². The predicted molar refractivity (Wildman–Crippen MR) is 189 cm³/mol. The van der Waals surface area contributed by atoms with E-state index in [9.17, 15) is 32.7 Å². The molecule has 53 heavy (non-hydrogen) atoms. The lowest BCUT2D eigenvalue weighted by Crippen LogP contribution is -2.47. The standard InChI is InChI=1S/C34H32ClF3N10O4S/c1-17-13-33(6-10-46(11-7-33)31(52)24-26(50)29(40-15-39-24)45-8-3-9-45)23-25(17)47(14-22(49)42-21-5-4-19(12-20(21)35)34(36,37)38)32-43-28(44-48(32)30(23)51)27-18(2)41-16-53-27/h4-5,12,15-17,50H,3,6-11,13-14H2,1-2H3,(H,42,49). The van der Waals surface area contributed by atoms with E-state index >= 15 is 0 Å². The van der Waals surface area contributed by atoms with Gasteiger partial charge in [0.1, 0.15) is 12.9 Å². The molecule has 2 saturated heterocycles. The van der Waals surface area contributed by atoms with Crippen LogP contribution in [0.4, 0.5) is 24.7 Å². The Morgan fingerprint density at radius 2 is 1.89 bits per heavy atom. The van der Waals surface area contributed by atoms with Crippen molar-refractivity contribution in [3.05, 3.63) is 73.6 Å². The molecule has 1 aliphatic carbocycles. The van der Waals surface area contributed by atoms with Crippen LogP contribution >= 0.6 is 22.9 Å². The third-order valence-corrected chi connectivity index (χ3v) is 11.7. The van der Waals surface area contributed by atoms with Gasteiger partial charge in [-0.2, -0.15) is 22.7 Å². The number of likely N-dealkylation sites (tertiary alicyclic amines) is 1. The number of aryl methyl sites for hydroxylation is 1. The van der Waals surface area contributed by atoms with Crippen molar-refractivity contribution in [2.75, 3.05) is 36.4 Å². The maximum absolute atomic E-state index is 14.5. The zero-order chi connectivity index (χ0) is 37.4. The van der Waals surface area contributed by atoms with Gasteiger partial charge in [0, 0.05) is 42.9 Å². The third-order valence-electron chi connectivity index (χ3n) is 10.5. The molecule has 2 aliphatic heterocycles. The zero-order valence-corrected chi connectivity index (χ0v) is 30.0. The largest absolute Gasteiger partial charge is 0.503 e. The molecule has 3 aliphatic rings. The van der Waals surface area contributed by atoms with Crippen LogP contribution in [0.2, 0.25) is 5.02 Å². The maximum Gasteiger partial charge on any atom is 0.416 e. The number of alkyl halides is 3. The quantitative estimate of drug-likeness (QED) is 0.240. The van der Waals surface area contributed by atoms with Gasteiger partial charge in [0.2, 0.25) is 11.7 Å². The van der Waals surface area contributed by atoms with Crippen molar-refractivity contribution in [1.29, 1.82) is 0 Å². The molecule has 0 bridgehead atoms. The monoisotopic (exact) mass is 768 g/mol. The maximum atomic E-state index is 14.5. The average molecular weight is 769 g/mol. The smallest absolute Gasteiger partial charge is 0.416 e. The summed E-state index contributed by atoms with van der Waals surface area (Å²) in [5.74, 6) is -0.793. The first kappa shape index (κ1) is 35.0. The summed E-state index contributed by atoms with van der Waals surface area (Å²) < 4.78 is 42.6. The van der Waals surface area contributed by atoms with E-state index in [1.807, 2.05) is 11.8 Å². The fourth-order valence-corrected chi connectivity index (χ4v) is 8.75. The van der Waals surface area contributed by atoms with Gasteiger partial charge >= 0.3 is 6.18 Å². The summed E-state index contributed by atoms with van der Waals surface area (Å²) in [7, 11) is 0. The molecule has 2 amide bonds. The van der Waals surface area contributed by atoms with Crippen LogP contribution in [0.1, 0.15) is 71.5 Å². The molecule has 5 aromatic rings. The van der Waals surface area contributed by atoms with Crippen molar-refractivity contribution in [1.82, 2.24) is 39.0 Å². The number of amides is 2. The highest BCUT2D eigenvalue weighted by Crippen LogP contribution is 2.51. The number of carbonyl (C=O) groups is 2. The van der Waals surface area contributed by atoms with E-state index in [4.69, 9.17) is 16.6 Å². The number of thiazole rings is 1. The van der Waals surface area contributed by atoms with Crippen LogP contribution < -0.4 is 15.8 Å². The Balaban J connectivity index is 1.14. The number of nitrogens with one attached hydrogen (secondary N) is 1. The van der Waals surface area contributed by atoms with Crippen LogP contribution in [0, 0.1) is 6.92 Å². The first-order chi connectivity index (χ1) is 25.3. The molecule has 2 N–H and O–H groups in total. The van der Waals surface area contributed by atoms with Crippen LogP contribution in [0.15, 0.2) is 34.8 Å². The fourth-order valence-electron chi connectivity index (χ4n) is 7.79. The van der Waals surface area contributed by atoms with Crippen LogP contribution in [0.3, 0.4) is 0 Å². The third kappa shape index (κ3) is 5.87. The van der Waals surface area contributed by atoms with Gasteiger partial charge in [0.05, 0.1) is 32.4 Å². The second-order valence-electron chi connectivity index (χ2n) is 13.7. The van der Waals surface area contributed by atoms with E-state index in [0.717, 1.165) is 37.7 Å². The molecule has 276 valence electrons. The van der Waals surface area contributed by atoms with Gasteiger partial charge in [-0.15, -0.1) is 16.4 Å². The number of benzene rings is 1. The number of hydrogen-bond acceptors (Lipinski definition) is 11. The first-order valence-corrected chi connectivity index (χ1v) is 18.2. The minimum Gasteiger partial charge on any atom is -0.503 e. The summed E-state index contributed by atoms with van der Waals surface area (Å²) in [5.41, 5.74) is 1.31. The van der Waals surface area contributed by atoms with Crippen molar-refractivity contribution in [3.63, 3.8) is 0 Å². The molecule has 19 heteroatoms. The van der Waals surface area contributed by atoms with Crippen molar-refractivity contribution >= 4 is 52.0 Å². The minimum atomic E-state index is -4.61. The molecule has 8 rings (SSSR count). The average Bonchev–Trinajstić information content (AvgIpc) is 3.79. The molecule has 6 heterocycles. The number of aromatic nitrogens is 7. The summed E-state index contributed by atoms with van der Waals surface area (Å²) in [6, 6.07) is 2.67. The van der Waals surface area contributed by atoms with Gasteiger partial charge in [-0.1, -0.05) is 18.5 Å². The van der Waals surface area contributed by atoms with Gasteiger partial charge in [0.15, 0.2) is 23.1 Å². The molecule has 4 aromatic heterocycles. The van der Waals surface area contributed by atoms with E-state index in [1.54, 1.807) is 21.9 Å². The molecule has 1 aromatic carbocycles. The Kier molecular flexibility index (Phi) is 8.43. The Hall–Kier alpha value is -5.10. The van der Waals surface area contributed by atoms with Gasteiger partial charge in [-0.25, -0.2) is 15.0 Å². The van der Waals surface area contributed by atoms with Crippen molar-refractivity contribution < 1.29 is 27.9 Å². The summed E-state index contributed by atoms with van der Waals surface area (Å²) in [6.45, 7) is 5.43. The number of rotatable bonds is 6. The number of aromatic hydroxyl groups is 1. The van der Waals surface area contributed by atoms with E-state index in [2.05, 4.69) is 25.4 Å². The highest BCUT2D eigenvalue weighted by molar-refractivity contribution is 7.13. The number of piperidine rings is 1. The molecular formula is C34H32ClF3N10O4S. The Labute approximate surface area is 308 Å². The lowest BCUT2D eigenvalue weighted by Gasteiger charge is -2.39. The normalized spacial score (nSPS) is 18.0.